The van der Waals surface area contributed by atoms with Crippen molar-refractivity contribution in [2.75, 3.05) is 0 Å². The second kappa shape index (κ2) is 2.85. The lowest BCUT2D eigenvalue weighted by molar-refractivity contribution is 1.21. The number of aromatic nitrogens is 1. The first kappa shape index (κ1) is 8.25. The van der Waals surface area contributed by atoms with E-state index >= 15 is 0 Å². The Hall–Kier alpha value is -1.36. The number of nitrogens with zero attached hydrogens (tertiary/aromatic N) is 3. The lowest BCUT2D eigenvalue weighted by Gasteiger charge is -1.87. The fourth-order valence-electron chi connectivity index (χ4n) is 1.12. The van der Waals surface area contributed by atoms with Gasteiger partial charge in [-0.2, -0.15) is 4.99 Å². The summed E-state index contributed by atoms with van der Waals surface area (Å²) < 4.78 is 0. The second-order valence-corrected chi connectivity index (χ2v) is 3.27. The minimum atomic E-state index is 0.292. The molecule has 0 amide bonds. The van der Waals surface area contributed by atoms with E-state index in [2.05, 4.69) is 20.2 Å². The average Bonchev–Trinajstić information content (AvgIpc) is 2.61. The molecule has 0 bridgehead atoms. The number of amidine groups is 1. The highest BCUT2D eigenvalue weighted by molar-refractivity contribution is 7.80. The molecular formula is C8H8N4S. The molecule has 0 aliphatic carbocycles. The third-order valence-electron chi connectivity index (χ3n) is 1.95. The SMILES string of the molecule is Cc1cc(C2=NC(=S)N=N2)[nH]c1C. The minimum Gasteiger partial charge on any atom is -0.356 e. The summed E-state index contributed by atoms with van der Waals surface area (Å²) in [5.41, 5.74) is 3.18. The first-order valence-corrected chi connectivity index (χ1v) is 4.28. The molecule has 0 unspecified atom stereocenters. The number of rotatable bonds is 1. The number of aryl methyl sites for hydroxylation is 2. The number of azo groups is 1. The number of aliphatic imine (C=N–C) groups is 1. The number of nitrogens with one attached hydrogen (secondary N) is 1. The van der Waals surface area contributed by atoms with Crippen LogP contribution in [0, 0.1) is 13.8 Å². The molecule has 13 heavy (non-hydrogen) atoms. The Morgan fingerprint density at radius 1 is 1.31 bits per heavy atom. The van der Waals surface area contributed by atoms with Crippen LogP contribution in [0.4, 0.5) is 0 Å². The van der Waals surface area contributed by atoms with Crippen molar-refractivity contribution in [3.8, 4) is 0 Å². The van der Waals surface area contributed by atoms with Crippen molar-refractivity contribution >= 4 is 23.2 Å². The van der Waals surface area contributed by atoms with Crippen LogP contribution in [0.1, 0.15) is 17.0 Å². The van der Waals surface area contributed by atoms with Gasteiger partial charge in [0.2, 0.25) is 10.9 Å². The van der Waals surface area contributed by atoms with E-state index in [0.717, 1.165) is 11.4 Å². The summed E-state index contributed by atoms with van der Waals surface area (Å²) in [5.74, 6) is 0.571. The molecule has 1 N–H and O–H groups in total. The maximum atomic E-state index is 4.77. The Kier molecular flexibility index (Phi) is 1.81. The van der Waals surface area contributed by atoms with Gasteiger partial charge in [0.15, 0.2) is 0 Å². The van der Waals surface area contributed by atoms with E-state index in [1.807, 2.05) is 19.9 Å². The van der Waals surface area contributed by atoms with Gasteiger partial charge in [-0.25, -0.2) is 0 Å². The zero-order valence-corrected chi connectivity index (χ0v) is 8.14. The van der Waals surface area contributed by atoms with E-state index in [1.54, 1.807) is 0 Å². The molecule has 0 spiro atoms. The molecule has 0 fully saturated rings. The molecule has 2 rings (SSSR count). The van der Waals surface area contributed by atoms with Crippen molar-refractivity contribution in [3.63, 3.8) is 0 Å². The highest BCUT2D eigenvalue weighted by atomic mass is 32.1. The van der Waals surface area contributed by atoms with Gasteiger partial charge in [-0.15, -0.1) is 10.2 Å². The summed E-state index contributed by atoms with van der Waals surface area (Å²) in [6.07, 6.45) is 0. The first-order chi connectivity index (χ1) is 6.16. The van der Waals surface area contributed by atoms with Crippen LogP contribution in [0.3, 0.4) is 0 Å². The third-order valence-corrected chi connectivity index (χ3v) is 2.12. The number of aromatic amines is 1. The molecule has 1 aromatic rings. The number of thiocarbonyl (C=S) groups is 1. The van der Waals surface area contributed by atoms with Gasteiger partial charge in [-0.1, -0.05) is 0 Å². The minimum absolute atomic E-state index is 0.292. The predicted molar refractivity (Wildman–Crippen MR) is 54.3 cm³/mol. The van der Waals surface area contributed by atoms with Crippen LogP contribution in [-0.2, 0) is 0 Å². The van der Waals surface area contributed by atoms with Crippen molar-refractivity contribution in [1.82, 2.24) is 4.98 Å². The summed E-state index contributed by atoms with van der Waals surface area (Å²) >= 11 is 4.77. The molecule has 1 aromatic heterocycles. The zero-order valence-electron chi connectivity index (χ0n) is 7.33. The zero-order chi connectivity index (χ0) is 9.42. The quantitative estimate of drug-likeness (QED) is 0.681. The van der Waals surface area contributed by atoms with Crippen LogP contribution in [0.5, 0.6) is 0 Å². The smallest absolute Gasteiger partial charge is 0.242 e. The normalized spacial score (nSPS) is 15.2. The lowest BCUT2D eigenvalue weighted by atomic mass is 10.3. The molecular weight excluding hydrogens is 184 g/mol. The van der Waals surface area contributed by atoms with Gasteiger partial charge in [-0.05, 0) is 37.7 Å². The summed E-state index contributed by atoms with van der Waals surface area (Å²) in [6.45, 7) is 4.03. The first-order valence-electron chi connectivity index (χ1n) is 3.88. The molecule has 0 atom stereocenters. The Morgan fingerprint density at radius 3 is 2.54 bits per heavy atom. The maximum absolute atomic E-state index is 4.77. The molecule has 1 aliphatic heterocycles. The van der Waals surface area contributed by atoms with Gasteiger partial charge in [0, 0.05) is 5.69 Å². The van der Waals surface area contributed by atoms with Gasteiger partial charge in [0.05, 0.1) is 5.69 Å². The monoisotopic (exact) mass is 192 g/mol. The van der Waals surface area contributed by atoms with E-state index in [1.165, 1.54) is 5.56 Å². The van der Waals surface area contributed by atoms with Crippen LogP contribution < -0.4 is 0 Å². The molecule has 5 heteroatoms. The van der Waals surface area contributed by atoms with Crippen LogP contribution in [-0.4, -0.2) is 15.9 Å². The van der Waals surface area contributed by atoms with Gasteiger partial charge >= 0.3 is 0 Å². The number of hydrogen-bond acceptors (Lipinski definition) is 2. The Bertz CT molecular complexity index is 408. The Balaban J connectivity index is 2.42. The van der Waals surface area contributed by atoms with E-state index in [-0.39, 0.29) is 0 Å². The van der Waals surface area contributed by atoms with Crippen molar-refractivity contribution < 1.29 is 0 Å². The van der Waals surface area contributed by atoms with Crippen molar-refractivity contribution in [3.05, 3.63) is 23.0 Å². The van der Waals surface area contributed by atoms with Gasteiger partial charge in [-0.3, -0.25) is 0 Å². The van der Waals surface area contributed by atoms with Crippen LogP contribution in [0.15, 0.2) is 21.3 Å². The molecule has 1 aliphatic rings. The predicted octanol–water partition coefficient (Wildman–Crippen LogP) is 2.13. The largest absolute Gasteiger partial charge is 0.356 e. The molecule has 0 saturated heterocycles. The number of hydrogen-bond donors (Lipinski definition) is 1. The summed E-state index contributed by atoms with van der Waals surface area (Å²) in [5, 5.41) is 7.80. The fourth-order valence-corrected chi connectivity index (χ4v) is 1.25. The van der Waals surface area contributed by atoms with Crippen molar-refractivity contribution in [2.45, 2.75) is 13.8 Å². The Morgan fingerprint density at radius 2 is 2.08 bits per heavy atom. The number of H-pyrrole nitrogens is 1. The standard InChI is InChI=1S/C8H8N4S/c1-4-3-6(9-5(4)2)7-10-8(13)12-11-7/h3,9H,1-2H3. The van der Waals surface area contributed by atoms with Gasteiger partial charge in [0.1, 0.15) is 0 Å². The van der Waals surface area contributed by atoms with Gasteiger partial charge in [0.25, 0.3) is 0 Å². The summed E-state index contributed by atoms with van der Waals surface area (Å²) in [7, 11) is 0. The highest BCUT2D eigenvalue weighted by Crippen LogP contribution is 2.13. The summed E-state index contributed by atoms with van der Waals surface area (Å²) in [6, 6.07) is 1.99. The summed E-state index contributed by atoms with van der Waals surface area (Å²) in [4.78, 5) is 7.16. The van der Waals surface area contributed by atoms with E-state index in [4.69, 9.17) is 12.2 Å². The molecule has 4 nitrogen and oxygen atoms in total. The molecule has 0 aromatic carbocycles. The van der Waals surface area contributed by atoms with E-state index < -0.39 is 0 Å². The van der Waals surface area contributed by atoms with Crippen LogP contribution >= 0.6 is 12.2 Å². The maximum Gasteiger partial charge on any atom is 0.242 e. The van der Waals surface area contributed by atoms with Crippen molar-refractivity contribution in [2.24, 2.45) is 15.2 Å². The third kappa shape index (κ3) is 1.42. The van der Waals surface area contributed by atoms with E-state index in [9.17, 15) is 0 Å². The Labute approximate surface area is 80.8 Å². The molecule has 2 heterocycles. The average molecular weight is 192 g/mol. The van der Waals surface area contributed by atoms with E-state index in [0.29, 0.717) is 10.9 Å². The van der Waals surface area contributed by atoms with Gasteiger partial charge < -0.3 is 4.98 Å². The fraction of sp³-hybridized carbons (Fsp3) is 0.250. The second-order valence-electron chi connectivity index (χ2n) is 2.91. The molecule has 0 radical (unpaired) electrons. The molecule has 0 saturated carbocycles. The van der Waals surface area contributed by atoms with Crippen LogP contribution in [0.25, 0.3) is 0 Å². The molecule has 66 valence electrons. The lowest BCUT2D eigenvalue weighted by Crippen LogP contribution is -1.94. The van der Waals surface area contributed by atoms with Crippen molar-refractivity contribution in [1.29, 1.82) is 0 Å². The highest BCUT2D eigenvalue weighted by Gasteiger charge is 2.12. The topological polar surface area (TPSA) is 52.9 Å². The van der Waals surface area contributed by atoms with Crippen LogP contribution in [0.2, 0.25) is 0 Å².